The van der Waals surface area contributed by atoms with E-state index in [2.05, 4.69) is 0 Å². The molecule has 1 saturated heterocycles. The summed E-state index contributed by atoms with van der Waals surface area (Å²) in [6.07, 6.45) is 5.06. The average molecular weight is 220 g/mol. The highest BCUT2D eigenvalue weighted by atomic mass is 31.2. The van der Waals surface area contributed by atoms with Crippen LogP contribution in [0.25, 0.3) is 0 Å². The zero-order chi connectivity index (χ0) is 10.4. The van der Waals surface area contributed by atoms with Gasteiger partial charge in [0, 0.05) is 26.6 Å². The number of hydrogen-bond acceptors (Lipinski definition) is 4. The molecule has 1 fully saturated rings. The molecule has 4 nitrogen and oxygen atoms in total. The molecule has 0 bridgehead atoms. The Labute approximate surface area is 84.8 Å². The Balaban J connectivity index is 2.48. The Morgan fingerprint density at radius 2 is 2.07 bits per heavy atom. The van der Waals surface area contributed by atoms with E-state index < -0.39 is 7.60 Å². The van der Waals surface area contributed by atoms with Crippen molar-refractivity contribution in [1.29, 1.82) is 0 Å². The number of ether oxygens (including phenoxy) is 1. The van der Waals surface area contributed by atoms with Crippen molar-refractivity contribution in [3.05, 3.63) is 11.9 Å². The van der Waals surface area contributed by atoms with E-state index in [0.29, 0.717) is 0 Å². The third kappa shape index (κ3) is 3.54. The second-order valence-corrected chi connectivity index (χ2v) is 5.26. The lowest BCUT2D eigenvalue weighted by molar-refractivity contribution is 0.0466. The van der Waals surface area contributed by atoms with Crippen molar-refractivity contribution in [1.82, 2.24) is 0 Å². The normalized spacial score (nSPS) is 24.3. The maximum atomic E-state index is 11.6. The van der Waals surface area contributed by atoms with Gasteiger partial charge in [0.1, 0.15) is 0 Å². The highest BCUT2D eigenvalue weighted by molar-refractivity contribution is 7.57. The first kappa shape index (κ1) is 11.9. The van der Waals surface area contributed by atoms with Gasteiger partial charge in [-0.25, -0.2) is 0 Å². The second-order valence-electron chi connectivity index (χ2n) is 3.15. The van der Waals surface area contributed by atoms with E-state index in [9.17, 15) is 4.57 Å². The molecule has 1 aliphatic heterocycles. The van der Waals surface area contributed by atoms with Gasteiger partial charge in [-0.15, -0.1) is 0 Å². The zero-order valence-corrected chi connectivity index (χ0v) is 9.54. The number of hydrogen-bond donors (Lipinski definition) is 0. The summed E-state index contributed by atoms with van der Waals surface area (Å²) in [7, 11) is -0.266. The van der Waals surface area contributed by atoms with Crippen molar-refractivity contribution in [3.8, 4) is 0 Å². The summed E-state index contributed by atoms with van der Waals surface area (Å²) < 4.78 is 26.6. The number of rotatable bonds is 4. The monoisotopic (exact) mass is 220 g/mol. The van der Waals surface area contributed by atoms with E-state index in [-0.39, 0.29) is 6.10 Å². The standard InChI is InChI=1S/C9H17O4P/c1-11-14(10,12-2)8-6-9-5-3-4-7-13-9/h6,8-9H,3-5,7H2,1-2H3/b8-6+/t9-/m0/s1. The molecule has 0 aromatic heterocycles. The van der Waals surface area contributed by atoms with Gasteiger partial charge in [0.05, 0.1) is 6.10 Å². The maximum Gasteiger partial charge on any atom is 0.353 e. The largest absolute Gasteiger partial charge is 0.374 e. The molecule has 0 aromatic carbocycles. The van der Waals surface area contributed by atoms with Crippen LogP contribution in [-0.2, 0) is 18.3 Å². The minimum absolute atomic E-state index is 0.0578. The van der Waals surface area contributed by atoms with Crippen LogP contribution < -0.4 is 0 Å². The molecule has 0 radical (unpaired) electrons. The minimum Gasteiger partial charge on any atom is -0.374 e. The molecule has 14 heavy (non-hydrogen) atoms. The molecule has 1 atom stereocenters. The fraction of sp³-hybridized carbons (Fsp3) is 0.778. The second kappa shape index (κ2) is 5.66. The molecule has 0 spiro atoms. The Bertz CT molecular complexity index is 225. The molecular weight excluding hydrogens is 203 g/mol. The molecule has 82 valence electrons. The van der Waals surface area contributed by atoms with E-state index in [4.69, 9.17) is 13.8 Å². The third-order valence-corrected chi connectivity index (χ3v) is 3.76. The van der Waals surface area contributed by atoms with Gasteiger partial charge >= 0.3 is 7.60 Å². The van der Waals surface area contributed by atoms with Crippen LogP contribution >= 0.6 is 7.60 Å². The van der Waals surface area contributed by atoms with Crippen LogP contribution in [0.4, 0.5) is 0 Å². The van der Waals surface area contributed by atoms with Crippen LogP contribution in [0.5, 0.6) is 0 Å². The molecule has 0 unspecified atom stereocenters. The van der Waals surface area contributed by atoms with E-state index in [0.717, 1.165) is 25.9 Å². The summed E-state index contributed by atoms with van der Waals surface area (Å²) in [6, 6.07) is 0. The van der Waals surface area contributed by atoms with Gasteiger partial charge in [0.15, 0.2) is 0 Å². The lowest BCUT2D eigenvalue weighted by atomic mass is 10.1. The summed E-state index contributed by atoms with van der Waals surface area (Å²) in [5.41, 5.74) is 0. The van der Waals surface area contributed by atoms with E-state index in [1.807, 2.05) is 0 Å². The first-order valence-electron chi connectivity index (χ1n) is 4.72. The highest BCUT2D eigenvalue weighted by Crippen LogP contribution is 2.48. The van der Waals surface area contributed by atoms with E-state index in [1.165, 1.54) is 20.0 Å². The smallest absolute Gasteiger partial charge is 0.353 e. The predicted octanol–water partition coefficient (Wildman–Crippen LogP) is 2.56. The van der Waals surface area contributed by atoms with Crippen molar-refractivity contribution < 1.29 is 18.3 Å². The van der Waals surface area contributed by atoms with Crippen molar-refractivity contribution in [2.45, 2.75) is 25.4 Å². The summed E-state index contributed by atoms with van der Waals surface area (Å²) in [4.78, 5) is 0. The van der Waals surface area contributed by atoms with Gasteiger partial charge in [-0.1, -0.05) is 0 Å². The molecule has 0 N–H and O–H groups in total. The molecule has 0 aromatic rings. The molecular formula is C9H17O4P. The molecule has 0 amide bonds. The molecule has 0 saturated carbocycles. The topological polar surface area (TPSA) is 44.8 Å². The van der Waals surface area contributed by atoms with Crippen molar-refractivity contribution in [2.75, 3.05) is 20.8 Å². The first-order valence-corrected chi connectivity index (χ1v) is 6.33. The molecule has 1 aliphatic rings. The molecule has 5 heteroatoms. The summed E-state index contributed by atoms with van der Waals surface area (Å²) in [5, 5.41) is 0. The third-order valence-electron chi connectivity index (χ3n) is 2.21. The summed E-state index contributed by atoms with van der Waals surface area (Å²) in [6.45, 7) is 0.777. The van der Waals surface area contributed by atoms with Gasteiger partial charge < -0.3 is 13.8 Å². The van der Waals surface area contributed by atoms with Crippen LogP contribution in [-0.4, -0.2) is 26.9 Å². The van der Waals surface area contributed by atoms with Crippen molar-refractivity contribution >= 4 is 7.60 Å². The first-order chi connectivity index (χ1) is 6.70. The van der Waals surface area contributed by atoms with Gasteiger partial charge in [0.25, 0.3) is 0 Å². The Morgan fingerprint density at radius 1 is 1.36 bits per heavy atom. The van der Waals surface area contributed by atoms with Gasteiger partial charge in [-0.2, -0.15) is 0 Å². The SMILES string of the molecule is COP(=O)(/C=C/[C@@H]1CCCCO1)OC. The van der Waals surface area contributed by atoms with Crippen LogP contribution in [0.2, 0.25) is 0 Å². The van der Waals surface area contributed by atoms with Gasteiger partial charge in [0.2, 0.25) is 0 Å². The van der Waals surface area contributed by atoms with Crippen LogP contribution in [0.1, 0.15) is 19.3 Å². The van der Waals surface area contributed by atoms with Crippen molar-refractivity contribution in [3.63, 3.8) is 0 Å². The van der Waals surface area contributed by atoms with E-state index >= 15 is 0 Å². The van der Waals surface area contributed by atoms with Crippen LogP contribution in [0.3, 0.4) is 0 Å². The minimum atomic E-state index is -3.01. The average Bonchev–Trinajstić information content (AvgIpc) is 2.27. The summed E-state index contributed by atoms with van der Waals surface area (Å²) >= 11 is 0. The van der Waals surface area contributed by atoms with Crippen LogP contribution in [0.15, 0.2) is 11.9 Å². The Kier molecular flexibility index (Phi) is 4.82. The quantitative estimate of drug-likeness (QED) is 0.683. The van der Waals surface area contributed by atoms with Gasteiger partial charge in [-0.05, 0) is 25.3 Å². The Morgan fingerprint density at radius 3 is 2.57 bits per heavy atom. The lowest BCUT2D eigenvalue weighted by Gasteiger charge is -2.19. The van der Waals surface area contributed by atoms with Gasteiger partial charge in [-0.3, -0.25) is 4.57 Å². The molecule has 1 heterocycles. The summed E-state index contributed by atoms with van der Waals surface area (Å²) in [5.74, 6) is 1.48. The fourth-order valence-corrected chi connectivity index (χ4v) is 2.11. The molecule has 1 rings (SSSR count). The lowest BCUT2D eigenvalue weighted by Crippen LogP contribution is -2.16. The van der Waals surface area contributed by atoms with Crippen LogP contribution in [0, 0.1) is 0 Å². The zero-order valence-electron chi connectivity index (χ0n) is 8.64. The maximum absolute atomic E-state index is 11.6. The highest BCUT2D eigenvalue weighted by Gasteiger charge is 2.18. The predicted molar refractivity (Wildman–Crippen MR) is 54.4 cm³/mol. The van der Waals surface area contributed by atoms with Crippen molar-refractivity contribution in [2.24, 2.45) is 0 Å². The molecule has 0 aliphatic carbocycles. The Hall–Kier alpha value is -0.150. The van der Waals surface area contributed by atoms with E-state index in [1.54, 1.807) is 6.08 Å². The fourth-order valence-electron chi connectivity index (χ4n) is 1.32.